The number of carbonyl (C=O) groups excluding carboxylic acids is 2. The molecule has 6 nitrogen and oxygen atoms in total. The molecular formula is C15H25N4O2+. The van der Waals surface area contributed by atoms with Crippen molar-refractivity contribution in [2.24, 2.45) is 0 Å². The third-order valence-corrected chi connectivity index (χ3v) is 2.99. The smallest absolute Gasteiger partial charge is 0.313 e. The lowest BCUT2D eigenvalue weighted by atomic mass is 10.2. The van der Waals surface area contributed by atoms with Crippen LogP contribution < -0.4 is 20.4 Å². The molecule has 0 unspecified atom stereocenters. The van der Waals surface area contributed by atoms with Crippen molar-refractivity contribution in [1.29, 1.82) is 0 Å². The van der Waals surface area contributed by atoms with E-state index in [1.54, 1.807) is 12.1 Å². The van der Waals surface area contributed by atoms with E-state index in [2.05, 4.69) is 10.6 Å². The van der Waals surface area contributed by atoms with E-state index in [4.69, 9.17) is 0 Å². The number of hydrogen-bond acceptors (Lipinski definition) is 3. The molecule has 0 fully saturated rings. The number of rotatable bonds is 6. The third-order valence-electron chi connectivity index (χ3n) is 2.99. The minimum absolute atomic E-state index is 0.511. The zero-order chi connectivity index (χ0) is 15.8. The molecule has 0 aliphatic carbocycles. The van der Waals surface area contributed by atoms with Gasteiger partial charge in [0.05, 0.1) is 20.6 Å². The van der Waals surface area contributed by atoms with E-state index in [9.17, 15) is 9.59 Å². The molecule has 0 aliphatic heterocycles. The van der Waals surface area contributed by atoms with E-state index in [1.807, 2.05) is 45.2 Å². The first-order chi connectivity index (χ1) is 9.90. The Morgan fingerprint density at radius 2 is 1.71 bits per heavy atom. The standard InChI is InChI=1S/C15H24N4O2/c1-18(2)11-5-10-16-14(20)15(21)17-12-6-8-13(9-7-12)19(3)4/h6-9H,5,10-11H2,1-4H3,(H,16,20)(H,17,21)/p+1. The van der Waals surface area contributed by atoms with Gasteiger partial charge in [-0.05, 0) is 24.3 Å². The second kappa shape index (κ2) is 8.26. The van der Waals surface area contributed by atoms with Crippen molar-refractivity contribution in [3.8, 4) is 0 Å². The summed E-state index contributed by atoms with van der Waals surface area (Å²) >= 11 is 0. The van der Waals surface area contributed by atoms with Crippen LogP contribution in [0.4, 0.5) is 11.4 Å². The van der Waals surface area contributed by atoms with Gasteiger partial charge in [-0.1, -0.05) is 0 Å². The van der Waals surface area contributed by atoms with Crippen molar-refractivity contribution in [2.45, 2.75) is 6.42 Å². The van der Waals surface area contributed by atoms with Gasteiger partial charge >= 0.3 is 11.8 Å². The monoisotopic (exact) mass is 293 g/mol. The first-order valence-electron chi connectivity index (χ1n) is 7.05. The maximum atomic E-state index is 11.7. The summed E-state index contributed by atoms with van der Waals surface area (Å²) in [7, 11) is 7.98. The van der Waals surface area contributed by atoms with E-state index >= 15 is 0 Å². The van der Waals surface area contributed by atoms with Crippen LogP contribution in [0.15, 0.2) is 24.3 Å². The first kappa shape index (κ1) is 17.0. The molecule has 6 heteroatoms. The molecule has 0 aromatic heterocycles. The molecule has 0 saturated heterocycles. The van der Waals surface area contributed by atoms with E-state index < -0.39 is 11.8 Å². The Morgan fingerprint density at radius 1 is 1.10 bits per heavy atom. The van der Waals surface area contributed by atoms with Gasteiger partial charge in [-0.3, -0.25) is 9.59 Å². The lowest BCUT2D eigenvalue weighted by Crippen LogP contribution is -3.05. The van der Waals surface area contributed by atoms with E-state index in [1.165, 1.54) is 4.90 Å². The Kier molecular flexibility index (Phi) is 6.68. The molecule has 116 valence electrons. The maximum Gasteiger partial charge on any atom is 0.313 e. The van der Waals surface area contributed by atoms with Crippen LogP contribution in [-0.4, -0.2) is 53.1 Å². The molecule has 0 radical (unpaired) electrons. The minimum atomic E-state index is -0.634. The molecule has 1 aromatic rings. The highest BCUT2D eigenvalue weighted by atomic mass is 16.2. The van der Waals surface area contributed by atoms with Crippen LogP contribution in [0.5, 0.6) is 0 Å². The first-order valence-corrected chi connectivity index (χ1v) is 7.05. The lowest BCUT2D eigenvalue weighted by molar-refractivity contribution is -0.858. The average Bonchev–Trinajstić information content (AvgIpc) is 2.43. The summed E-state index contributed by atoms with van der Waals surface area (Å²) in [6.07, 6.45) is 0.846. The number of amides is 2. The Bertz CT molecular complexity index is 469. The molecule has 0 aliphatic rings. The minimum Gasteiger partial charge on any atom is -0.378 e. The summed E-state index contributed by atoms with van der Waals surface area (Å²) in [6.45, 7) is 1.46. The van der Waals surface area contributed by atoms with Crippen molar-refractivity contribution in [2.75, 3.05) is 51.5 Å². The molecule has 3 N–H and O–H groups in total. The summed E-state index contributed by atoms with van der Waals surface area (Å²) in [4.78, 5) is 26.6. The third kappa shape index (κ3) is 6.27. The molecule has 0 spiro atoms. The number of quaternary nitrogens is 1. The quantitative estimate of drug-likeness (QED) is 0.482. The van der Waals surface area contributed by atoms with E-state index in [0.717, 1.165) is 18.7 Å². The molecule has 2 amide bonds. The summed E-state index contributed by atoms with van der Waals surface area (Å²) < 4.78 is 0. The topological polar surface area (TPSA) is 65.9 Å². The average molecular weight is 293 g/mol. The SMILES string of the molecule is CN(C)c1ccc(NC(=O)C(=O)NCCC[NH+](C)C)cc1. The Morgan fingerprint density at radius 3 is 2.24 bits per heavy atom. The van der Waals surface area contributed by atoms with Crippen molar-refractivity contribution >= 4 is 23.2 Å². The number of anilines is 2. The summed E-state index contributed by atoms with van der Waals surface area (Å²) in [5, 5.41) is 5.20. The van der Waals surface area contributed by atoms with Crippen molar-refractivity contribution < 1.29 is 14.5 Å². The fraction of sp³-hybridized carbons (Fsp3) is 0.467. The van der Waals surface area contributed by atoms with Crippen molar-refractivity contribution in [1.82, 2.24) is 5.32 Å². The second-order valence-corrected chi connectivity index (χ2v) is 5.46. The lowest BCUT2D eigenvalue weighted by Gasteiger charge is -2.13. The van der Waals surface area contributed by atoms with Crippen LogP contribution >= 0.6 is 0 Å². The number of nitrogens with one attached hydrogen (secondary N) is 3. The van der Waals surface area contributed by atoms with Crippen LogP contribution in [0.3, 0.4) is 0 Å². The molecule has 0 saturated carbocycles. The molecule has 0 heterocycles. The van der Waals surface area contributed by atoms with E-state index in [-0.39, 0.29) is 0 Å². The van der Waals surface area contributed by atoms with Crippen LogP contribution in [0.1, 0.15) is 6.42 Å². The largest absolute Gasteiger partial charge is 0.378 e. The van der Waals surface area contributed by atoms with Gasteiger partial charge in [-0.2, -0.15) is 0 Å². The molecule has 21 heavy (non-hydrogen) atoms. The zero-order valence-electron chi connectivity index (χ0n) is 13.2. The highest BCUT2D eigenvalue weighted by Gasteiger charge is 2.13. The van der Waals surface area contributed by atoms with E-state index in [0.29, 0.717) is 12.2 Å². The van der Waals surface area contributed by atoms with Crippen LogP contribution in [0.25, 0.3) is 0 Å². The number of hydrogen-bond donors (Lipinski definition) is 3. The van der Waals surface area contributed by atoms with Gasteiger partial charge in [0.2, 0.25) is 0 Å². The number of benzene rings is 1. The summed E-state index contributed by atoms with van der Waals surface area (Å²) in [5.74, 6) is -1.23. The Hall–Kier alpha value is -2.08. The van der Waals surface area contributed by atoms with Crippen molar-refractivity contribution in [3.63, 3.8) is 0 Å². The van der Waals surface area contributed by atoms with Crippen LogP contribution in [0.2, 0.25) is 0 Å². The van der Waals surface area contributed by atoms with Gasteiger partial charge in [-0.25, -0.2) is 0 Å². The van der Waals surface area contributed by atoms with Gasteiger partial charge < -0.3 is 20.4 Å². The normalized spacial score (nSPS) is 10.3. The van der Waals surface area contributed by atoms with Crippen molar-refractivity contribution in [3.05, 3.63) is 24.3 Å². The Balaban J connectivity index is 2.39. The fourth-order valence-corrected chi connectivity index (χ4v) is 1.75. The maximum absolute atomic E-state index is 11.7. The van der Waals surface area contributed by atoms with Gasteiger partial charge in [0.15, 0.2) is 0 Å². The van der Waals surface area contributed by atoms with Crippen LogP contribution in [-0.2, 0) is 9.59 Å². The highest BCUT2D eigenvalue weighted by Crippen LogP contribution is 2.15. The fourth-order valence-electron chi connectivity index (χ4n) is 1.75. The predicted octanol–water partition coefficient (Wildman–Crippen LogP) is -0.658. The molecule has 0 bridgehead atoms. The van der Waals surface area contributed by atoms with Gasteiger partial charge in [-0.15, -0.1) is 0 Å². The molecule has 0 atom stereocenters. The van der Waals surface area contributed by atoms with Crippen LogP contribution in [0, 0.1) is 0 Å². The highest BCUT2D eigenvalue weighted by molar-refractivity contribution is 6.39. The van der Waals surface area contributed by atoms with Gasteiger partial charge in [0.25, 0.3) is 0 Å². The number of carbonyl (C=O) groups is 2. The summed E-state index contributed by atoms with van der Waals surface area (Å²) in [6, 6.07) is 7.31. The van der Waals surface area contributed by atoms with Gasteiger partial charge in [0, 0.05) is 38.4 Å². The molecule has 1 aromatic carbocycles. The Labute approximate surface area is 126 Å². The number of nitrogens with zero attached hydrogens (tertiary/aromatic N) is 1. The molecule has 1 rings (SSSR count). The zero-order valence-corrected chi connectivity index (χ0v) is 13.2. The predicted molar refractivity (Wildman–Crippen MR) is 84.7 cm³/mol. The summed E-state index contributed by atoms with van der Waals surface area (Å²) in [5.41, 5.74) is 1.64. The second-order valence-electron chi connectivity index (χ2n) is 5.46. The van der Waals surface area contributed by atoms with Gasteiger partial charge in [0.1, 0.15) is 0 Å². The molecular weight excluding hydrogens is 268 g/mol.